The van der Waals surface area contributed by atoms with Crippen LogP contribution >= 0.6 is 11.6 Å². The van der Waals surface area contributed by atoms with Crippen LogP contribution in [0.2, 0.25) is 5.02 Å². The molecule has 0 atom stereocenters. The third-order valence-corrected chi connectivity index (χ3v) is 4.80. The van der Waals surface area contributed by atoms with Crippen LogP contribution in [-0.4, -0.2) is 31.2 Å². The molecule has 3 rings (SSSR count). The Balaban J connectivity index is 1.66. The molecule has 0 aliphatic heterocycles. The molecule has 2 amide bonds. The number of benzene rings is 3. The van der Waals surface area contributed by atoms with Crippen LogP contribution in [-0.2, 0) is 4.79 Å². The van der Waals surface area contributed by atoms with Crippen LogP contribution in [0, 0.1) is 12.7 Å². The molecule has 0 radical (unpaired) electrons. The summed E-state index contributed by atoms with van der Waals surface area (Å²) in [4.78, 5) is 24.4. The van der Waals surface area contributed by atoms with Gasteiger partial charge in [-0.1, -0.05) is 41.4 Å². The van der Waals surface area contributed by atoms with Gasteiger partial charge in [-0.15, -0.1) is 0 Å². The van der Waals surface area contributed by atoms with Gasteiger partial charge in [-0.3, -0.25) is 9.59 Å². The van der Waals surface area contributed by atoms with Gasteiger partial charge in [0.2, 0.25) is 0 Å². The van der Waals surface area contributed by atoms with E-state index >= 15 is 0 Å². The summed E-state index contributed by atoms with van der Waals surface area (Å²) in [5, 5.41) is 6.57. The zero-order valence-electron chi connectivity index (χ0n) is 18.6. The fourth-order valence-corrected chi connectivity index (χ4v) is 3.16. The zero-order chi connectivity index (χ0) is 24.5. The molecule has 0 unspecified atom stereocenters. The number of rotatable bonds is 9. The van der Waals surface area contributed by atoms with E-state index in [2.05, 4.69) is 15.8 Å². The lowest BCUT2D eigenvalue weighted by molar-refractivity contribution is -0.118. The number of aryl methyl sites for hydroxylation is 1. The van der Waals surface area contributed by atoms with Crippen LogP contribution < -0.4 is 20.2 Å². The van der Waals surface area contributed by atoms with Crippen molar-refractivity contribution in [2.75, 3.05) is 18.5 Å². The van der Waals surface area contributed by atoms with Crippen LogP contribution in [0.15, 0.2) is 65.8 Å². The lowest BCUT2D eigenvalue weighted by atomic mass is 10.1. The van der Waals surface area contributed by atoms with E-state index in [9.17, 15) is 14.0 Å². The summed E-state index contributed by atoms with van der Waals surface area (Å²) in [5.41, 5.74) is 4.57. The van der Waals surface area contributed by atoms with Gasteiger partial charge in [0.25, 0.3) is 11.8 Å². The van der Waals surface area contributed by atoms with Gasteiger partial charge < -0.3 is 14.8 Å². The molecule has 3 aromatic rings. The minimum Gasteiger partial charge on any atom is -0.490 e. The third kappa shape index (κ3) is 6.79. The molecule has 0 bridgehead atoms. The molecule has 0 spiro atoms. The number of carbonyl (C=O) groups excluding carboxylic acids is 2. The van der Waals surface area contributed by atoms with Gasteiger partial charge in [0.15, 0.2) is 18.1 Å². The fourth-order valence-electron chi connectivity index (χ4n) is 2.89. The molecule has 9 heteroatoms. The number of anilines is 1. The molecule has 0 saturated heterocycles. The SMILES string of the molecule is CCOc1cc(/C=N/NC(=O)c2ccc(C)cc2)cc(Cl)c1OCC(=O)Nc1ccccc1F. The molecule has 0 heterocycles. The van der Waals surface area contributed by atoms with E-state index in [1.54, 1.807) is 37.3 Å². The summed E-state index contributed by atoms with van der Waals surface area (Å²) in [6.07, 6.45) is 1.41. The molecule has 0 aromatic heterocycles. The minimum absolute atomic E-state index is 0.0477. The highest BCUT2D eigenvalue weighted by atomic mass is 35.5. The van der Waals surface area contributed by atoms with E-state index in [1.165, 1.54) is 24.4 Å². The maximum absolute atomic E-state index is 13.7. The average molecular weight is 484 g/mol. The van der Waals surface area contributed by atoms with Crippen molar-refractivity contribution in [1.82, 2.24) is 5.43 Å². The summed E-state index contributed by atoms with van der Waals surface area (Å²) in [6, 6.07) is 16.1. The van der Waals surface area contributed by atoms with E-state index in [0.29, 0.717) is 23.5 Å². The van der Waals surface area contributed by atoms with Gasteiger partial charge in [0, 0.05) is 5.56 Å². The highest BCUT2D eigenvalue weighted by molar-refractivity contribution is 6.32. The molecule has 176 valence electrons. The Morgan fingerprint density at radius 1 is 1.09 bits per heavy atom. The molecular weight excluding hydrogens is 461 g/mol. The van der Waals surface area contributed by atoms with Crippen LogP contribution in [0.5, 0.6) is 11.5 Å². The number of hydrazone groups is 1. The number of nitrogens with zero attached hydrogens (tertiary/aromatic N) is 1. The van der Waals surface area contributed by atoms with Gasteiger partial charge in [-0.25, -0.2) is 9.82 Å². The molecule has 0 fully saturated rings. The Hall–Kier alpha value is -3.91. The topological polar surface area (TPSA) is 89.0 Å². The monoisotopic (exact) mass is 483 g/mol. The Labute approximate surface area is 201 Å². The van der Waals surface area contributed by atoms with Crippen molar-refractivity contribution in [1.29, 1.82) is 0 Å². The molecule has 34 heavy (non-hydrogen) atoms. The van der Waals surface area contributed by atoms with E-state index in [4.69, 9.17) is 21.1 Å². The second-order valence-corrected chi connectivity index (χ2v) is 7.55. The van der Waals surface area contributed by atoms with Crippen LogP contribution in [0.3, 0.4) is 0 Å². The van der Waals surface area contributed by atoms with E-state index in [1.807, 2.05) is 19.1 Å². The fraction of sp³-hybridized carbons (Fsp3) is 0.160. The number of halogens is 2. The molecular formula is C25H23ClFN3O4. The van der Waals surface area contributed by atoms with Gasteiger partial charge in [-0.2, -0.15) is 5.10 Å². The lowest BCUT2D eigenvalue weighted by Crippen LogP contribution is -2.21. The van der Waals surface area contributed by atoms with E-state index in [0.717, 1.165) is 5.56 Å². The summed E-state index contributed by atoms with van der Waals surface area (Å²) < 4.78 is 24.9. The quantitative estimate of drug-likeness (QED) is 0.332. The summed E-state index contributed by atoms with van der Waals surface area (Å²) >= 11 is 6.35. The molecule has 0 aliphatic rings. The Morgan fingerprint density at radius 2 is 1.82 bits per heavy atom. The van der Waals surface area contributed by atoms with Crippen molar-refractivity contribution in [2.45, 2.75) is 13.8 Å². The number of nitrogens with one attached hydrogen (secondary N) is 2. The maximum Gasteiger partial charge on any atom is 0.271 e. The van der Waals surface area contributed by atoms with Crippen molar-refractivity contribution in [3.63, 3.8) is 0 Å². The first kappa shape index (κ1) is 24.7. The van der Waals surface area contributed by atoms with Crippen molar-refractivity contribution in [3.8, 4) is 11.5 Å². The first-order valence-electron chi connectivity index (χ1n) is 10.4. The number of hydrogen-bond donors (Lipinski definition) is 2. The average Bonchev–Trinajstić information content (AvgIpc) is 2.80. The first-order valence-corrected chi connectivity index (χ1v) is 10.8. The Bertz CT molecular complexity index is 1200. The second kappa shape index (κ2) is 11.8. The van der Waals surface area contributed by atoms with Gasteiger partial charge in [0.05, 0.1) is 23.5 Å². The second-order valence-electron chi connectivity index (χ2n) is 7.14. The number of amides is 2. The number of hydrogen-bond acceptors (Lipinski definition) is 5. The normalized spacial score (nSPS) is 10.7. The predicted molar refractivity (Wildman–Crippen MR) is 129 cm³/mol. The van der Waals surface area contributed by atoms with Crippen molar-refractivity contribution in [2.24, 2.45) is 5.10 Å². The van der Waals surface area contributed by atoms with Gasteiger partial charge >= 0.3 is 0 Å². The van der Waals surface area contributed by atoms with Crippen molar-refractivity contribution >= 4 is 35.3 Å². The standard InChI is InChI=1S/C25H23ClFN3O4/c1-3-33-22-13-17(14-28-30-25(32)18-10-8-16(2)9-11-18)12-19(26)24(22)34-15-23(31)29-21-7-5-4-6-20(21)27/h4-14H,3,15H2,1-2H3,(H,29,31)(H,30,32)/b28-14+. The van der Waals surface area contributed by atoms with Crippen molar-refractivity contribution in [3.05, 3.63) is 88.2 Å². The molecule has 0 saturated carbocycles. The molecule has 0 aliphatic carbocycles. The summed E-state index contributed by atoms with van der Waals surface area (Å²) in [6.45, 7) is 3.63. The Kier molecular flexibility index (Phi) is 8.59. The lowest BCUT2D eigenvalue weighted by Gasteiger charge is -2.14. The molecule has 7 nitrogen and oxygen atoms in total. The maximum atomic E-state index is 13.7. The molecule has 2 N–H and O–H groups in total. The zero-order valence-corrected chi connectivity index (χ0v) is 19.4. The summed E-state index contributed by atoms with van der Waals surface area (Å²) in [5.74, 6) is -1.02. The minimum atomic E-state index is -0.562. The van der Waals surface area contributed by atoms with E-state index in [-0.39, 0.29) is 22.4 Å². The summed E-state index contributed by atoms with van der Waals surface area (Å²) in [7, 11) is 0. The van der Waals surface area contributed by atoms with Gasteiger partial charge in [-0.05, 0) is 55.8 Å². The Morgan fingerprint density at radius 3 is 2.53 bits per heavy atom. The van der Waals surface area contributed by atoms with Crippen LogP contribution in [0.25, 0.3) is 0 Å². The van der Waals surface area contributed by atoms with Crippen molar-refractivity contribution < 1.29 is 23.5 Å². The largest absolute Gasteiger partial charge is 0.490 e. The molecule has 3 aromatic carbocycles. The number of ether oxygens (including phenoxy) is 2. The highest BCUT2D eigenvalue weighted by Crippen LogP contribution is 2.36. The van der Waals surface area contributed by atoms with E-state index < -0.39 is 18.3 Å². The predicted octanol–water partition coefficient (Wildman–Crippen LogP) is 4.97. The highest BCUT2D eigenvalue weighted by Gasteiger charge is 2.15. The number of para-hydroxylation sites is 1. The van der Waals surface area contributed by atoms with Crippen LogP contribution in [0.1, 0.15) is 28.4 Å². The van der Waals surface area contributed by atoms with Gasteiger partial charge in [0.1, 0.15) is 5.82 Å². The van der Waals surface area contributed by atoms with Crippen LogP contribution in [0.4, 0.5) is 10.1 Å². The smallest absolute Gasteiger partial charge is 0.271 e. The number of carbonyl (C=O) groups is 2. The third-order valence-electron chi connectivity index (χ3n) is 4.52. The first-order chi connectivity index (χ1) is 16.4.